The fraction of sp³-hybridized carbons (Fsp3) is 0.923. The van der Waals surface area contributed by atoms with Crippen LogP contribution in [0.4, 0.5) is 0 Å². The quantitative estimate of drug-likeness (QED) is 0.836. The van der Waals surface area contributed by atoms with E-state index in [4.69, 9.17) is 4.99 Å². The Bertz CT molecular complexity index is 270. The third-order valence-electron chi connectivity index (χ3n) is 3.84. The molecule has 0 saturated carbocycles. The van der Waals surface area contributed by atoms with E-state index in [1.807, 2.05) is 11.8 Å². The average Bonchev–Trinajstić information content (AvgIpc) is 2.77. The van der Waals surface area contributed by atoms with Crippen LogP contribution < -0.4 is 5.32 Å². The molecule has 1 atom stereocenters. The van der Waals surface area contributed by atoms with Gasteiger partial charge < -0.3 is 10.2 Å². The largest absolute Gasteiger partial charge is 0.361 e. The van der Waals surface area contributed by atoms with Gasteiger partial charge in [-0.1, -0.05) is 25.6 Å². The van der Waals surface area contributed by atoms with Gasteiger partial charge in [-0.15, -0.1) is 0 Å². The van der Waals surface area contributed by atoms with E-state index in [1.165, 1.54) is 36.9 Å². The summed E-state index contributed by atoms with van der Waals surface area (Å²) in [5.74, 6) is 2.70. The highest BCUT2D eigenvalue weighted by Crippen LogP contribution is 2.21. The van der Waals surface area contributed by atoms with Crippen LogP contribution in [0, 0.1) is 11.8 Å². The van der Waals surface area contributed by atoms with Crippen LogP contribution in [-0.2, 0) is 0 Å². The maximum atomic E-state index is 4.75. The van der Waals surface area contributed by atoms with Crippen LogP contribution in [0.3, 0.4) is 0 Å². The molecule has 1 N–H and O–H groups in total. The van der Waals surface area contributed by atoms with Crippen molar-refractivity contribution in [1.82, 2.24) is 10.2 Å². The predicted octanol–water partition coefficient (Wildman–Crippen LogP) is 2.05. The van der Waals surface area contributed by atoms with Crippen LogP contribution in [0.15, 0.2) is 4.99 Å². The number of amidine groups is 1. The zero-order chi connectivity index (χ0) is 12.3. The molecule has 0 aromatic heterocycles. The molecule has 2 aliphatic rings. The molecule has 2 fully saturated rings. The first-order valence-electron chi connectivity index (χ1n) is 6.77. The molecule has 0 aliphatic carbocycles. The summed E-state index contributed by atoms with van der Waals surface area (Å²) in [5.41, 5.74) is 0. The van der Waals surface area contributed by atoms with Crippen molar-refractivity contribution in [2.75, 3.05) is 32.4 Å². The van der Waals surface area contributed by atoms with E-state index in [-0.39, 0.29) is 0 Å². The van der Waals surface area contributed by atoms with Gasteiger partial charge in [-0.3, -0.25) is 4.99 Å². The van der Waals surface area contributed by atoms with Crippen molar-refractivity contribution in [2.45, 2.75) is 32.7 Å². The molecule has 0 spiro atoms. The molecule has 0 radical (unpaired) electrons. The van der Waals surface area contributed by atoms with Gasteiger partial charge in [-0.25, -0.2) is 0 Å². The fourth-order valence-electron chi connectivity index (χ4n) is 2.32. The van der Waals surface area contributed by atoms with Gasteiger partial charge in [0.15, 0.2) is 5.17 Å². The molecule has 0 amide bonds. The second kappa shape index (κ2) is 6.10. The van der Waals surface area contributed by atoms with E-state index in [1.54, 1.807) is 0 Å². The molecule has 4 heteroatoms. The maximum Gasteiger partial charge on any atom is 0.156 e. The van der Waals surface area contributed by atoms with Crippen molar-refractivity contribution in [3.05, 3.63) is 0 Å². The minimum Gasteiger partial charge on any atom is -0.361 e. The molecule has 2 rings (SSSR count). The smallest absolute Gasteiger partial charge is 0.156 e. The molecule has 98 valence electrons. The van der Waals surface area contributed by atoms with Crippen LogP contribution in [0.25, 0.3) is 0 Å². The monoisotopic (exact) mass is 255 g/mol. The molecule has 1 unspecified atom stereocenters. The summed E-state index contributed by atoms with van der Waals surface area (Å²) < 4.78 is 0. The molecular formula is C13H25N3S. The number of aliphatic imine (C=N–C) groups is 1. The van der Waals surface area contributed by atoms with Gasteiger partial charge in [0.2, 0.25) is 0 Å². The number of hydrogen-bond acceptors (Lipinski definition) is 3. The lowest BCUT2D eigenvalue weighted by Gasteiger charge is -2.27. The van der Waals surface area contributed by atoms with E-state index in [0.717, 1.165) is 12.5 Å². The van der Waals surface area contributed by atoms with Gasteiger partial charge >= 0.3 is 0 Å². The molecule has 2 saturated heterocycles. The first-order chi connectivity index (χ1) is 8.15. The highest BCUT2D eigenvalue weighted by Gasteiger charge is 2.23. The lowest BCUT2D eigenvalue weighted by atomic mass is 9.97. The van der Waals surface area contributed by atoms with Crippen LogP contribution in [0.5, 0.6) is 0 Å². The molecule has 3 nitrogen and oxygen atoms in total. The number of hydrogen-bond donors (Lipinski definition) is 1. The van der Waals surface area contributed by atoms with Crippen LogP contribution in [0.2, 0.25) is 0 Å². The first-order valence-corrected chi connectivity index (χ1v) is 7.76. The third-order valence-corrected chi connectivity index (χ3v) is 4.89. The normalized spacial score (nSPS) is 30.1. The van der Waals surface area contributed by atoms with Crippen molar-refractivity contribution in [3.63, 3.8) is 0 Å². The summed E-state index contributed by atoms with van der Waals surface area (Å²) in [4.78, 5) is 7.17. The Labute approximate surface area is 109 Å². The second-order valence-electron chi connectivity index (χ2n) is 5.70. The van der Waals surface area contributed by atoms with Crippen molar-refractivity contribution >= 4 is 16.9 Å². The number of likely N-dealkylation sites (tertiary alicyclic amines) is 1. The minimum atomic E-state index is 0.622. The van der Waals surface area contributed by atoms with E-state index in [0.29, 0.717) is 12.0 Å². The Morgan fingerprint density at radius 1 is 1.41 bits per heavy atom. The average molecular weight is 255 g/mol. The van der Waals surface area contributed by atoms with Crippen LogP contribution in [-0.4, -0.2) is 48.5 Å². The maximum absolute atomic E-state index is 4.75. The van der Waals surface area contributed by atoms with E-state index < -0.39 is 0 Å². The van der Waals surface area contributed by atoms with Gasteiger partial charge in [-0.2, -0.15) is 0 Å². The number of rotatable bonds is 3. The molecule has 2 aliphatic heterocycles. The highest BCUT2D eigenvalue weighted by molar-refractivity contribution is 8.14. The fourth-order valence-corrected chi connectivity index (χ4v) is 3.52. The Kier molecular flexibility index (Phi) is 4.74. The van der Waals surface area contributed by atoms with Gasteiger partial charge in [0.05, 0.1) is 0 Å². The number of nitrogens with zero attached hydrogens (tertiary/aromatic N) is 2. The van der Waals surface area contributed by atoms with Crippen molar-refractivity contribution in [3.8, 4) is 0 Å². The van der Waals surface area contributed by atoms with Crippen molar-refractivity contribution < 1.29 is 0 Å². The molecule has 0 aromatic carbocycles. The minimum absolute atomic E-state index is 0.622. The summed E-state index contributed by atoms with van der Waals surface area (Å²) in [6.07, 6.45) is 2.62. The lowest BCUT2D eigenvalue weighted by Crippen LogP contribution is -2.33. The molecule has 17 heavy (non-hydrogen) atoms. The lowest BCUT2D eigenvalue weighted by molar-refractivity contribution is 0.224. The van der Waals surface area contributed by atoms with Gasteiger partial charge in [-0.05, 0) is 44.8 Å². The summed E-state index contributed by atoms with van der Waals surface area (Å²) in [6, 6.07) is 0.622. The van der Waals surface area contributed by atoms with Crippen LogP contribution >= 0.6 is 11.8 Å². The van der Waals surface area contributed by atoms with Crippen LogP contribution in [0.1, 0.15) is 26.7 Å². The van der Waals surface area contributed by atoms with E-state index >= 15 is 0 Å². The molecular weight excluding hydrogens is 230 g/mol. The van der Waals surface area contributed by atoms with Gasteiger partial charge in [0, 0.05) is 18.3 Å². The summed E-state index contributed by atoms with van der Waals surface area (Å²) in [5, 5.41) is 4.72. The number of piperidine rings is 1. The SMILES string of the molecule is CC(C)C1CSC(=NCC2CCN(C)CC2)N1. The van der Waals surface area contributed by atoms with Crippen molar-refractivity contribution in [2.24, 2.45) is 16.8 Å². The molecule has 0 bridgehead atoms. The molecule has 2 heterocycles. The first kappa shape index (κ1) is 13.2. The second-order valence-corrected chi connectivity index (χ2v) is 6.71. The number of thioether (sulfide) groups is 1. The Balaban J connectivity index is 1.74. The summed E-state index contributed by atoms with van der Waals surface area (Å²) in [6.45, 7) is 8.06. The van der Waals surface area contributed by atoms with Gasteiger partial charge in [0.25, 0.3) is 0 Å². The zero-order valence-electron chi connectivity index (χ0n) is 11.3. The standard InChI is InChI=1S/C13H25N3S/c1-10(2)12-9-17-13(15-12)14-8-11-4-6-16(3)7-5-11/h10-12H,4-9H2,1-3H3,(H,14,15). The Morgan fingerprint density at radius 3 is 2.71 bits per heavy atom. The van der Waals surface area contributed by atoms with E-state index in [9.17, 15) is 0 Å². The van der Waals surface area contributed by atoms with Gasteiger partial charge in [0.1, 0.15) is 0 Å². The third kappa shape index (κ3) is 3.88. The van der Waals surface area contributed by atoms with E-state index in [2.05, 4.69) is 31.1 Å². The Hall–Kier alpha value is -0.220. The Morgan fingerprint density at radius 2 is 2.12 bits per heavy atom. The zero-order valence-corrected chi connectivity index (χ0v) is 12.1. The predicted molar refractivity (Wildman–Crippen MR) is 76.7 cm³/mol. The van der Waals surface area contributed by atoms with Crippen molar-refractivity contribution in [1.29, 1.82) is 0 Å². The number of nitrogens with one attached hydrogen (secondary N) is 1. The molecule has 0 aromatic rings. The highest BCUT2D eigenvalue weighted by atomic mass is 32.2. The summed E-state index contributed by atoms with van der Waals surface area (Å²) >= 11 is 1.90. The summed E-state index contributed by atoms with van der Waals surface area (Å²) in [7, 11) is 2.21. The topological polar surface area (TPSA) is 27.6 Å².